The van der Waals surface area contributed by atoms with Crippen molar-refractivity contribution in [3.8, 4) is 0 Å². The van der Waals surface area contributed by atoms with Crippen LogP contribution in [0.2, 0.25) is 0 Å². The maximum absolute atomic E-state index is 11.7. The van der Waals surface area contributed by atoms with E-state index in [9.17, 15) is 4.79 Å². The van der Waals surface area contributed by atoms with E-state index in [0.717, 1.165) is 16.6 Å². The lowest BCUT2D eigenvalue weighted by molar-refractivity contribution is -0.145. The Morgan fingerprint density at radius 3 is 2.71 bits per heavy atom. The summed E-state index contributed by atoms with van der Waals surface area (Å²) in [5.41, 5.74) is 1.95. The molecule has 4 nitrogen and oxygen atoms in total. The number of benzene rings is 1. The zero-order chi connectivity index (χ0) is 15.2. The van der Waals surface area contributed by atoms with Crippen LogP contribution >= 0.6 is 0 Å². The first-order valence-corrected chi connectivity index (χ1v) is 7.34. The summed E-state index contributed by atoms with van der Waals surface area (Å²) in [7, 11) is 0. The van der Waals surface area contributed by atoms with E-state index < -0.39 is 0 Å². The molecule has 0 fully saturated rings. The number of para-hydroxylation sites is 1. The highest BCUT2D eigenvalue weighted by Gasteiger charge is 2.16. The zero-order valence-corrected chi connectivity index (χ0v) is 12.9. The molecule has 21 heavy (non-hydrogen) atoms. The first-order chi connectivity index (χ1) is 10.1. The van der Waals surface area contributed by atoms with E-state index in [4.69, 9.17) is 4.74 Å². The van der Waals surface area contributed by atoms with Crippen LogP contribution in [0, 0.1) is 0 Å². The van der Waals surface area contributed by atoms with Gasteiger partial charge in [0, 0.05) is 18.0 Å². The van der Waals surface area contributed by atoms with E-state index in [1.54, 1.807) is 0 Å². The van der Waals surface area contributed by atoms with E-state index in [1.165, 1.54) is 0 Å². The number of hydrogen-bond acceptors (Lipinski definition) is 4. The van der Waals surface area contributed by atoms with Crippen molar-refractivity contribution in [2.24, 2.45) is 0 Å². The van der Waals surface area contributed by atoms with Crippen molar-refractivity contribution in [1.29, 1.82) is 0 Å². The minimum absolute atomic E-state index is 0.188. The fraction of sp³-hybridized carbons (Fsp3) is 0.412. The second-order valence-electron chi connectivity index (χ2n) is 5.30. The smallest absolute Gasteiger partial charge is 0.320 e. The van der Waals surface area contributed by atoms with Gasteiger partial charge in [-0.1, -0.05) is 24.3 Å². The van der Waals surface area contributed by atoms with E-state index >= 15 is 0 Å². The van der Waals surface area contributed by atoms with Gasteiger partial charge in [-0.05, 0) is 32.9 Å². The molecular formula is C17H22N2O2. The molecule has 0 saturated heterocycles. The van der Waals surface area contributed by atoms with Crippen molar-refractivity contribution >= 4 is 16.9 Å². The van der Waals surface area contributed by atoms with Gasteiger partial charge in [-0.25, -0.2) is 0 Å². The average molecular weight is 286 g/mol. The number of fused-ring (bicyclic) bond motifs is 1. The standard InChI is InChI=1S/C17H22N2O2/c1-4-21-17(20)12-19(13(2)3)11-15-10-9-14-7-5-6-8-16(14)18-15/h5-10,13H,4,11-12H2,1-3H3. The van der Waals surface area contributed by atoms with Crippen molar-refractivity contribution in [1.82, 2.24) is 9.88 Å². The van der Waals surface area contributed by atoms with Crippen LogP contribution in [-0.2, 0) is 16.1 Å². The van der Waals surface area contributed by atoms with Gasteiger partial charge < -0.3 is 4.74 Å². The summed E-state index contributed by atoms with van der Waals surface area (Å²) in [4.78, 5) is 18.4. The lowest BCUT2D eigenvalue weighted by Gasteiger charge is -2.25. The molecule has 0 atom stereocenters. The monoisotopic (exact) mass is 286 g/mol. The second kappa shape index (κ2) is 7.18. The maximum atomic E-state index is 11.7. The van der Waals surface area contributed by atoms with Gasteiger partial charge in [0.1, 0.15) is 0 Å². The van der Waals surface area contributed by atoms with Crippen LogP contribution < -0.4 is 0 Å². The van der Waals surface area contributed by atoms with Gasteiger partial charge in [-0.15, -0.1) is 0 Å². The average Bonchev–Trinajstić information content (AvgIpc) is 2.46. The number of nitrogens with zero attached hydrogens (tertiary/aromatic N) is 2. The first-order valence-electron chi connectivity index (χ1n) is 7.34. The maximum Gasteiger partial charge on any atom is 0.320 e. The largest absolute Gasteiger partial charge is 0.465 e. The lowest BCUT2D eigenvalue weighted by atomic mass is 10.2. The van der Waals surface area contributed by atoms with Crippen LogP contribution in [0.15, 0.2) is 36.4 Å². The minimum Gasteiger partial charge on any atom is -0.465 e. The van der Waals surface area contributed by atoms with Gasteiger partial charge in [0.15, 0.2) is 0 Å². The van der Waals surface area contributed by atoms with Crippen molar-refractivity contribution in [3.63, 3.8) is 0 Å². The number of esters is 1. The van der Waals surface area contributed by atoms with Crippen LogP contribution in [0.5, 0.6) is 0 Å². The van der Waals surface area contributed by atoms with Crippen LogP contribution in [0.1, 0.15) is 26.5 Å². The van der Waals surface area contributed by atoms with E-state index in [0.29, 0.717) is 19.7 Å². The Bertz CT molecular complexity index is 611. The minimum atomic E-state index is -0.188. The molecule has 0 radical (unpaired) electrons. The molecule has 112 valence electrons. The van der Waals surface area contributed by atoms with Crippen molar-refractivity contribution in [2.75, 3.05) is 13.2 Å². The van der Waals surface area contributed by atoms with Crippen LogP contribution in [-0.4, -0.2) is 35.0 Å². The number of pyridine rings is 1. The highest BCUT2D eigenvalue weighted by molar-refractivity contribution is 5.78. The summed E-state index contributed by atoms with van der Waals surface area (Å²) in [5, 5.41) is 1.13. The molecule has 0 aliphatic heterocycles. The number of rotatable bonds is 6. The Balaban J connectivity index is 2.12. The lowest BCUT2D eigenvalue weighted by Crippen LogP contribution is -2.36. The highest BCUT2D eigenvalue weighted by atomic mass is 16.5. The Morgan fingerprint density at radius 1 is 1.24 bits per heavy atom. The summed E-state index contributed by atoms with van der Waals surface area (Å²) in [6.45, 7) is 7.31. The number of aromatic nitrogens is 1. The number of carbonyl (C=O) groups is 1. The van der Waals surface area contributed by atoms with Gasteiger partial charge in [0.25, 0.3) is 0 Å². The van der Waals surface area contributed by atoms with Crippen molar-refractivity contribution in [3.05, 3.63) is 42.1 Å². The summed E-state index contributed by atoms with van der Waals surface area (Å²) in [6.07, 6.45) is 0. The molecule has 0 unspecified atom stereocenters. The number of carbonyl (C=O) groups excluding carboxylic acids is 1. The zero-order valence-electron chi connectivity index (χ0n) is 12.9. The van der Waals surface area contributed by atoms with Crippen LogP contribution in [0.25, 0.3) is 10.9 Å². The molecule has 1 aromatic heterocycles. The molecule has 0 spiro atoms. The Kier molecular flexibility index (Phi) is 5.28. The quantitative estimate of drug-likeness (QED) is 0.766. The molecular weight excluding hydrogens is 264 g/mol. The molecule has 0 bridgehead atoms. The summed E-state index contributed by atoms with van der Waals surface area (Å²) >= 11 is 0. The van der Waals surface area contributed by atoms with Gasteiger partial charge in [-0.2, -0.15) is 0 Å². The van der Waals surface area contributed by atoms with Crippen LogP contribution in [0.4, 0.5) is 0 Å². The van der Waals surface area contributed by atoms with E-state index in [2.05, 4.69) is 29.8 Å². The Labute approximate surface area is 125 Å². The third kappa shape index (κ3) is 4.26. The first kappa shape index (κ1) is 15.4. The molecule has 0 aliphatic rings. The number of ether oxygens (including phenoxy) is 1. The summed E-state index contributed by atoms with van der Waals surface area (Å²) in [6, 6.07) is 12.4. The van der Waals surface area contributed by atoms with Crippen LogP contribution in [0.3, 0.4) is 0 Å². The molecule has 0 aliphatic carbocycles. The molecule has 2 aromatic rings. The number of hydrogen-bond donors (Lipinski definition) is 0. The Morgan fingerprint density at radius 2 is 2.00 bits per heavy atom. The van der Waals surface area contributed by atoms with Gasteiger partial charge in [0.2, 0.25) is 0 Å². The third-order valence-corrected chi connectivity index (χ3v) is 3.39. The summed E-state index contributed by atoms with van der Waals surface area (Å²) in [5.74, 6) is -0.188. The SMILES string of the molecule is CCOC(=O)CN(Cc1ccc2ccccc2n1)C(C)C. The third-order valence-electron chi connectivity index (χ3n) is 3.39. The molecule has 0 N–H and O–H groups in total. The highest BCUT2D eigenvalue weighted by Crippen LogP contribution is 2.14. The molecule has 4 heteroatoms. The molecule has 1 heterocycles. The van der Waals surface area contributed by atoms with Gasteiger partial charge >= 0.3 is 5.97 Å². The molecule has 0 saturated carbocycles. The predicted octanol–water partition coefficient (Wildman–Crippen LogP) is 3.01. The molecule has 2 rings (SSSR count). The topological polar surface area (TPSA) is 42.4 Å². The summed E-state index contributed by atoms with van der Waals surface area (Å²) < 4.78 is 5.03. The fourth-order valence-corrected chi connectivity index (χ4v) is 2.20. The van der Waals surface area contributed by atoms with Gasteiger partial charge in [-0.3, -0.25) is 14.7 Å². The Hall–Kier alpha value is -1.94. The fourth-order valence-electron chi connectivity index (χ4n) is 2.20. The van der Waals surface area contributed by atoms with E-state index in [1.807, 2.05) is 37.3 Å². The second-order valence-corrected chi connectivity index (χ2v) is 5.30. The van der Waals surface area contributed by atoms with E-state index in [-0.39, 0.29) is 12.0 Å². The van der Waals surface area contributed by atoms with Gasteiger partial charge in [0.05, 0.1) is 24.4 Å². The normalized spacial score (nSPS) is 11.3. The van der Waals surface area contributed by atoms with Crippen molar-refractivity contribution in [2.45, 2.75) is 33.4 Å². The predicted molar refractivity (Wildman–Crippen MR) is 83.9 cm³/mol. The van der Waals surface area contributed by atoms with Crippen molar-refractivity contribution < 1.29 is 9.53 Å². The molecule has 1 aromatic carbocycles. The molecule has 0 amide bonds.